The lowest BCUT2D eigenvalue weighted by Gasteiger charge is -2.16. The SMILES string of the molecule is OC(COCC(F)(F)C(F)F)Cc1cncs1. The van der Waals surface area contributed by atoms with E-state index in [1.54, 1.807) is 5.51 Å². The minimum atomic E-state index is -4.18. The van der Waals surface area contributed by atoms with E-state index in [9.17, 15) is 22.7 Å². The third kappa shape index (κ3) is 4.97. The van der Waals surface area contributed by atoms with Crippen LogP contribution >= 0.6 is 11.3 Å². The van der Waals surface area contributed by atoms with Crippen LogP contribution in [0.2, 0.25) is 0 Å². The summed E-state index contributed by atoms with van der Waals surface area (Å²) < 4.78 is 52.7. The van der Waals surface area contributed by atoms with Crippen LogP contribution < -0.4 is 0 Å². The van der Waals surface area contributed by atoms with E-state index >= 15 is 0 Å². The van der Waals surface area contributed by atoms with Crippen molar-refractivity contribution in [3.63, 3.8) is 0 Å². The fraction of sp³-hybridized carbons (Fsp3) is 0.667. The molecule has 0 spiro atoms. The van der Waals surface area contributed by atoms with E-state index in [4.69, 9.17) is 0 Å². The number of nitrogens with zero attached hydrogens (tertiary/aromatic N) is 1. The van der Waals surface area contributed by atoms with Gasteiger partial charge in [0.2, 0.25) is 0 Å². The molecule has 0 aliphatic rings. The van der Waals surface area contributed by atoms with Crippen molar-refractivity contribution in [1.29, 1.82) is 0 Å². The second-order valence-electron chi connectivity index (χ2n) is 3.40. The van der Waals surface area contributed by atoms with Crippen molar-refractivity contribution in [1.82, 2.24) is 4.98 Å². The average Bonchev–Trinajstić information content (AvgIpc) is 2.69. The van der Waals surface area contributed by atoms with E-state index in [0.29, 0.717) is 0 Å². The van der Waals surface area contributed by atoms with Gasteiger partial charge in [0.05, 0.1) is 18.2 Å². The lowest BCUT2D eigenvalue weighted by molar-refractivity contribution is -0.170. The summed E-state index contributed by atoms with van der Waals surface area (Å²) in [6.07, 6.45) is -3.04. The molecule has 17 heavy (non-hydrogen) atoms. The number of alkyl halides is 4. The van der Waals surface area contributed by atoms with Gasteiger partial charge in [-0.2, -0.15) is 8.78 Å². The number of aromatic nitrogens is 1. The number of halogens is 4. The predicted molar refractivity (Wildman–Crippen MR) is 53.6 cm³/mol. The summed E-state index contributed by atoms with van der Waals surface area (Å²) >= 11 is 1.30. The topological polar surface area (TPSA) is 42.4 Å². The predicted octanol–water partition coefficient (Wildman–Crippen LogP) is 1.96. The number of thiazole rings is 1. The molecular formula is C9H11F4NO2S. The zero-order valence-corrected chi connectivity index (χ0v) is 9.47. The second kappa shape index (κ2) is 6.27. The lowest BCUT2D eigenvalue weighted by atomic mass is 10.2. The molecule has 0 saturated carbocycles. The Morgan fingerprint density at radius 2 is 2.18 bits per heavy atom. The quantitative estimate of drug-likeness (QED) is 0.772. The molecule has 1 rings (SSSR count). The van der Waals surface area contributed by atoms with Gasteiger partial charge in [0.25, 0.3) is 0 Å². The van der Waals surface area contributed by atoms with Gasteiger partial charge in [-0.15, -0.1) is 11.3 Å². The van der Waals surface area contributed by atoms with E-state index in [0.717, 1.165) is 4.88 Å². The smallest absolute Gasteiger partial charge is 0.330 e. The largest absolute Gasteiger partial charge is 0.390 e. The normalized spacial score (nSPS) is 14.2. The molecule has 0 amide bonds. The zero-order chi connectivity index (χ0) is 12.9. The molecule has 0 saturated heterocycles. The van der Waals surface area contributed by atoms with Crippen molar-refractivity contribution >= 4 is 11.3 Å². The first-order chi connectivity index (χ1) is 7.92. The van der Waals surface area contributed by atoms with Gasteiger partial charge in [-0.25, -0.2) is 8.78 Å². The second-order valence-corrected chi connectivity index (χ2v) is 4.37. The number of hydrogen-bond acceptors (Lipinski definition) is 4. The maximum Gasteiger partial charge on any atom is 0.330 e. The Balaban J connectivity index is 2.22. The van der Waals surface area contributed by atoms with E-state index in [1.165, 1.54) is 17.5 Å². The summed E-state index contributed by atoms with van der Waals surface area (Å²) in [5, 5.41) is 9.38. The summed E-state index contributed by atoms with van der Waals surface area (Å²) in [6, 6.07) is 0. The highest BCUT2D eigenvalue weighted by Crippen LogP contribution is 2.22. The molecule has 8 heteroatoms. The Morgan fingerprint density at radius 3 is 2.71 bits per heavy atom. The average molecular weight is 273 g/mol. The maximum absolute atomic E-state index is 12.4. The zero-order valence-electron chi connectivity index (χ0n) is 8.65. The van der Waals surface area contributed by atoms with Crippen molar-refractivity contribution in [2.75, 3.05) is 13.2 Å². The molecule has 0 aromatic carbocycles. The molecule has 1 unspecified atom stereocenters. The maximum atomic E-state index is 12.4. The Morgan fingerprint density at radius 1 is 1.47 bits per heavy atom. The van der Waals surface area contributed by atoms with Crippen LogP contribution in [0.1, 0.15) is 4.88 Å². The van der Waals surface area contributed by atoms with Crippen LogP contribution in [0.15, 0.2) is 11.7 Å². The fourth-order valence-electron chi connectivity index (χ4n) is 1.03. The third-order valence-corrected chi connectivity index (χ3v) is 2.65. The Kier molecular flexibility index (Phi) is 5.29. The molecule has 1 N–H and O–H groups in total. The molecule has 0 aliphatic heterocycles. The van der Waals surface area contributed by atoms with Crippen molar-refractivity contribution in [2.24, 2.45) is 0 Å². The number of hydrogen-bond donors (Lipinski definition) is 1. The van der Waals surface area contributed by atoms with Crippen LogP contribution in [0.5, 0.6) is 0 Å². The molecule has 0 bridgehead atoms. The van der Waals surface area contributed by atoms with Gasteiger partial charge in [-0.1, -0.05) is 0 Å². The summed E-state index contributed by atoms with van der Waals surface area (Å²) in [6.45, 7) is -1.81. The van der Waals surface area contributed by atoms with E-state index in [2.05, 4.69) is 9.72 Å². The minimum absolute atomic E-state index is 0.199. The molecule has 1 aromatic rings. The fourth-order valence-corrected chi connectivity index (χ4v) is 1.70. The van der Waals surface area contributed by atoms with Crippen molar-refractivity contribution < 1.29 is 27.4 Å². The van der Waals surface area contributed by atoms with Crippen LogP contribution in [0.3, 0.4) is 0 Å². The first-order valence-electron chi connectivity index (χ1n) is 4.71. The monoisotopic (exact) mass is 273 g/mol. The van der Waals surface area contributed by atoms with Gasteiger partial charge >= 0.3 is 12.3 Å². The Labute approximate surface area is 99.1 Å². The molecule has 0 fully saturated rings. The number of aliphatic hydroxyl groups excluding tert-OH is 1. The first kappa shape index (κ1) is 14.3. The number of rotatable bonds is 7. The summed E-state index contributed by atoms with van der Waals surface area (Å²) in [7, 11) is 0. The molecule has 98 valence electrons. The van der Waals surface area contributed by atoms with Crippen molar-refractivity contribution in [2.45, 2.75) is 24.9 Å². The van der Waals surface area contributed by atoms with E-state index in [-0.39, 0.29) is 6.42 Å². The number of ether oxygens (including phenoxy) is 1. The van der Waals surface area contributed by atoms with E-state index in [1.807, 2.05) is 0 Å². The van der Waals surface area contributed by atoms with Crippen molar-refractivity contribution in [3.05, 3.63) is 16.6 Å². The van der Waals surface area contributed by atoms with Gasteiger partial charge in [-0.05, 0) is 0 Å². The van der Waals surface area contributed by atoms with Crippen LogP contribution in [-0.2, 0) is 11.2 Å². The molecule has 0 radical (unpaired) electrons. The highest BCUT2D eigenvalue weighted by Gasteiger charge is 2.41. The molecule has 3 nitrogen and oxygen atoms in total. The van der Waals surface area contributed by atoms with E-state index < -0.39 is 31.7 Å². The molecular weight excluding hydrogens is 262 g/mol. The van der Waals surface area contributed by atoms with Gasteiger partial charge in [0.15, 0.2) is 0 Å². The molecule has 1 aromatic heterocycles. The van der Waals surface area contributed by atoms with Crippen LogP contribution in [0.4, 0.5) is 17.6 Å². The van der Waals surface area contributed by atoms with Gasteiger partial charge in [-0.3, -0.25) is 4.98 Å². The number of aliphatic hydroxyl groups is 1. The third-order valence-electron chi connectivity index (χ3n) is 1.84. The standard InChI is InChI=1S/C9H11F4NO2S/c10-8(11)9(12,13)4-16-3-6(15)1-7-2-14-5-17-7/h2,5-6,8,15H,1,3-4H2. The summed E-state index contributed by atoms with van der Waals surface area (Å²) in [4.78, 5) is 4.53. The van der Waals surface area contributed by atoms with Crippen LogP contribution in [0.25, 0.3) is 0 Å². The van der Waals surface area contributed by atoms with Gasteiger partial charge in [0, 0.05) is 17.5 Å². The van der Waals surface area contributed by atoms with Gasteiger partial charge < -0.3 is 9.84 Å². The molecule has 1 heterocycles. The highest BCUT2D eigenvalue weighted by atomic mass is 32.1. The highest BCUT2D eigenvalue weighted by molar-refractivity contribution is 7.09. The molecule has 1 atom stereocenters. The Hall–Kier alpha value is -0.730. The van der Waals surface area contributed by atoms with Gasteiger partial charge in [0.1, 0.15) is 6.61 Å². The van der Waals surface area contributed by atoms with Crippen LogP contribution in [-0.4, -0.2) is 41.8 Å². The summed E-state index contributed by atoms with van der Waals surface area (Å²) in [5.74, 6) is -4.18. The minimum Gasteiger partial charge on any atom is -0.390 e. The first-order valence-corrected chi connectivity index (χ1v) is 5.59. The lowest BCUT2D eigenvalue weighted by Crippen LogP contribution is -2.34. The molecule has 0 aliphatic carbocycles. The summed E-state index contributed by atoms with van der Waals surface area (Å²) in [5.41, 5.74) is 1.56. The Bertz CT molecular complexity index is 321. The van der Waals surface area contributed by atoms with Crippen LogP contribution in [0, 0.1) is 0 Å². The van der Waals surface area contributed by atoms with Crippen molar-refractivity contribution in [3.8, 4) is 0 Å².